The normalized spacial score (nSPS) is 44.8. The Balaban J connectivity index is 1.42. The first-order valence-electron chi connectivity index (χ1n) is 9.73. The van der Waals surface area contributed by atoms with Gasteiger partial charge in [-0.25, -0.2) is 19.8 Å². The second kappa shape index (κ2) is 7.63. The van der Waals surface area contributed by atoms with Crippen LogP contribution in [0.1, 0.15) is 19.8 Å². The topological polar surface area (TPSA) is 110 Å². The van der Waals surface area contributed by atoms with Crippen molar-refractivity contribution >= 4 is 5.91 Å². The number of rotatable bonds is 3. The van der Waals surface area contributed by atoms with Crippen LogP contribution in [0.15, 0.2) is 0 Å². The van der Waals surface area contributed by atoms with E-state index < -0.39 is 18.3 Å². The van der Waals surface area contributed by atoms with E-state index in [1.807, 2.05) is 0 Å². The number of fused-ring (bicyclic) bond motifs is 1. The lowest BCUT2D eigenvalue weighted by Gasteiger charge is -2.41. The highest BCUT2D eigenvalue weighted by atomic mass is 19.1. The van der Waals surface area contributed by atoms with Gasteiger partial charge in [0.15, 0.2) is 0 Å². The summed E-state index contributed by atoms with van der Waals surface area (Å²) in [5.74, 6) is -0.526. The Bertz CT molecular complexity index is 524. The van der Waals surface area contributed by atoms with Gasteiger partial charge in [0.05, 0.1) is 24.3 Å². The molecule has 26 heavy (non-hydrogen) atoms. The fourth-order valence-corrected chi connectivity index (χ4v) is 4.72. The highest BCUT2D eigenvalue weighted by molar-refractivity contribution is 5.81. The highest BCUT2D eigenvalue weighted by Gasteiger charge is 2.48. The number of halogens is 1. The third kappa shape index (κ3) is 3.47. The van der Waals surface area contributed by atoms with Gasteiger partial charge >= 0.3 is 0 Å². The molecule has 4 aliphatic heterocycles. The molecule has 4 fully saturated rings. The summed E-state index contributed by atoms with van der Waals surface area (Å²) in [5.41, 5.74) is 12.7. The first-order chi connectivity index (χ1) is 12.5. The molecule has 10 heteroatoms. The zero-order valence-corrected chi connectivity index (χ0v) is 15.2. The smallest absolute Gasteiger partial charge is 0.229 e. The third-order valence-corrected chi connectivity index (χ3v) is 6.09. The maximum atomic E-state index is 13.6. The minimum atomic E-state index is -0.956. The van der Waals surface area contributed by atoms with E-state index >= 15 is 0 Å². The first kappa shape index (κ1) is 18.5. The minimum absolute atomic E-state index is 0.0167. The lowest BCUT2D eigenvalue weighted by atomic mass is 9.96. The maximum Gasteiger partial charge on any atom is 0.229 e. The molecule has 0 saturated carbocycles. The molecule has 1 amide bonds. The van der Waals surface area contributed by atoms with E-state index in [0.29, 0.717) is 6.04 Å². The molecule has 4 saturated heterocycles. The Morgan fingerprint density at radius 3 is 2.88 bits per heavy atom. The fraction of sp³-hybridized carbons (Fsp3) is 0.938. The monoisotopic (exact) mass is 370 g/mol. The number of nitrogens with zero attached hydrogens (tertiary/aromatic N) is 2. The summed E-state index contributed by atoms with van der Waals surface area (Å²) in [4.78, 5) is 13.0. The number of carbonyl (C=O) groups excluding carboxylic acids is 1. The van der Waals surface area contributed by atoms with Crippen molar-refractivity contribution in [2.75, 3.05) is 32.7 Å². The van der Waals surface area contributed by atoms with Crippen molar-refractivity contribution in [3.8, 4) is 0 Å². The third-order valence-electron chi connectivity index (χ3n) is 6.09. The molecule has 9 nitrogen and oxygen atoms in total. The van der Waals surface area contributed by atoms with Crippen LogP contribution >= 0.6 is 0 Å². The second-order valence-electron chi connectivity index (χ2n) is 7.91. The predicted octanol–water partition coefficient (Wildman–Crippen LogP) is -2.58. The number of amides is 1. The fourth-order valence-electron chi connectivity index (χ4n) is 4.72. The number of nitrogens with two attached hydrogens (primary N) is 1. The van der Waals surface area contributed by atoms with Gasteiger partial charge < -0.3 is 16.4 Å². The maximum absolute atomic E-state index is 13.6. The quantitative estimate of drug-likeness (QED) is 0.322. The number of carbonyl (C=O) groups is 1. The number of alkyl halides is 1. The van der Waals surface area contributed by atoms with Crippen LogP contribution in [-0.4, -0.2) is 85.3 Å². The summed E-state index contributed by atoms with van der Waals surface area (Å²) >= 11 is 0. The Kier molecular flexibility index (Phi) is 5.42. The zero-order valence-electron chi connectivity index (χ0n) is 15.2. The van der Waals surface area contributed by atoms with Gasteiger partial charge in [-0.2, -0.15) is 0 Å². The highest BCUT2D eigenvalue weighted by Crippen LogP contribution is 2.23. The van der Waals surface area contributed by atoms with E-state index in [1.54, 1.807) is 5.01 Å². The van der Waals surface area contributed by atoms with E-state index in [0.717, 1.165) is 32.5 Å². The molecule has 4 rings (SSSR count). The van der Waals surface area contributed by atoms with Crippen molar-refractivity contribution in [3.63, 3.8) is 0 Å². The Morgan fingerprint density at radius 1 is 1.27 bits per heavy atom. The van der Waals surface area contributed by atoms with Crippen LogP contribution < -0.4 is 32.5 Å². The van der Waals surface area contributed by atoms with Gasteiger partial charge in [-0.05, 0) is 26.3 Å². The van der Waals surface area contributed by atoms with Gasteiger partial charge in [-0.3, -0.25) is 15.5 Å². The average Bonchev–Trinajstić information content (AvgIpc) is 3.17. The summed E-state index contributed by atoms with van der Waals surface area (Å²) < 4.78 is 13.6. The molecule has 0 spiro atoms. The van der Waals surface area contributed by atoms with Crippen LogP contribution in [0.5, 0.6) is 0 Å². The van der Waals surface area contributed by atoms with Crippen LogP contribution in [0.4, 0.5) is 4.39 Å². The molecular weight excluding hydrogens is 339 g/mol. The van der Waals surface area contributed by atoms with Gasteiger partial charge in [0, 0.05) is 38.3 Å². The predicted molar refractivity (Wildman–Crippen MR) is 95.1 cm³/mol. The van der Waals surface area contributed by atoms with E-state index in [9.17, 15) is 9.18 Å². The number of hydrogen-bond donors (Lipinski definition) is 6. The molecule has 0 aromatic rings. The molecule has 148 valence electrons. The van der Waals surface area contributed by atoms with E-state index in [1.165, 1.54) is 0 Å². The Hall–Kier alpha value is -0.880. The molecule has 0 aliphatic carbocycles. The van der Waals surface area contributed by atoms with Gasteiger partial charge in [0.25, 0.3) is 0 Å². The SMILES string of the molecule is CC1CCNN1C1CCNCC1NC(=O)C1C(N)NN2CC(F)CNC12. The van der Waals surface area contributed by atoms with Gasteiger partial charge in [-0.15, -0.1) is 0 Å². The summed E-state index contributed by atoms with van der Waals surface area (Å²) in [5, 5.41) is 13.7. The molecule has 4 aliphatic rings. The lowest BCUT2D eigenvalue weighted by Crippen LogP contribution is -2.64. The molecule has 0 radical (unpaired) electrons. The molecule has 7 unspecified atom stereocenters. The number of hydrazine groups is 2. The van der Waals surface area contributed by atoms with E-state index in [-0.39, 0.29) is 37.2 Å². The van der Waals surface area contributed by atoms with Crippen molar-refractivity contribution in [1.29, 1.82) is 0 Å². The Morgan fingerprint density at radius 2 is 2.12 bits per heavy atom. The lowest BCUT2D eigenvalue weighted by molar-refractivity contribution is -0.128. The van der Waals surface area contributed by atoms with Crippen molar-refractivity contribution in [3.05, 3.63) is 0 Å². The number of hydrogen-bond acceptors (Lipinski definition) is 8. The number of nitrogens with one attached hydrogen (secondary N) is 5. The van der Waals surface area contributed by atoms with E-state index in [4.69, 9.17) is 5.73 Å². The van der Waals surface area contributed by atoms with Crippen LogP contribution in [0.25, 0.3) is 0 Å². The van der Waals surface area contributed by atoms with Crippen molar-refractivity contribution in [2.24, 2.45) is 11.7 Å². The van der Waals surface area contributed by atoms with Crippen LogP contribution in [0.3, 0.4) is 0 Å². The largest absolute Gasteiger partial charge is 0.350 e. The standard InChI is InChI=1S/C16H31FN8O/c1-9-2-5-21-25(9)12-3-4-19-7-11(12)22-16(26)13-14(18)23-24-8-10(17)6-20-15(13)24/h9-15,19-21,23H,2-8,18H2,1H3,(H,22,26). The van der Waals surface area contributed by atoms with Crippen LogP contribution in [0.2, 0.25) is 0 Å². The van der Waals surface area contributed by atoms with Crippen LogP contribution in [0, 0.1) is 5.92 Å². The summed E-state index contributed by atoms with van der Waals surface area (Å²) in [6.07, 6.45) is 0.358. The molecule has 0 aromatic carbocycles. The molecule has 7 atom stereocenters. The second-order valence-corrected chi connectivity index (χ2v) is 7.91. The molecule has 0 aromatic heterocycles. The average molecular weight is 370 g/mol. The van der Waals surface area contributed by atoms with Crippen molar-refractivity contribution < 1.29 is 9.18 Å². The summed E-state index contributed by atoms with van der Waals surface area (Å²) in [7, 11) is 0. The minimum Gasteiger partial charge on any atom is -0.350 e. The van der Waals surface area contributed by atoms with Crippen molar-refractivity contribution in [1.82, 2.24) is 36.8 Å². The first-order valence-corrected chi connectivity index (χ1v) is 9.73. The number of piperidine rings is 1. The van der Waals surface area contributed by atoms with Crippen LogP contribution in [-0.2, 0) is 4.79 Å². The van der Waals surface area contributed by atoms with Gasteiger partial charge in [-0.1, -0.05) is 0 Å². The van der Waals surface area contributed by atoms with E-state index in [2.05, 4.69) is 38.7 Å². The molecular formula is C16H31FN8O. The summed E-state index contributed by atoms with van der Waals surface area (Å²) in [6, 6.07) is 0.738. The molecule has 0 bridgehead atoms. The Labute approximate surface area is 153 Å². The van der Waals surface area contributed by atoms with Gasteiger partial charge in [0.1, 0.15) is 6.17 Å². The zero-order chi connectivity index (χ0) is 18.3. The van der Waals surface area contributed by atoms with Crippen molar-refractivity contribution in [2.45, 2.75) is 56.4 Å². The molecule has 7 N–H and O–H groups in total. The van der Waals surface area contributed by atoms with Gasteiger partial charge in [0.2, 0.25) is 5.91 Å². The summed E-state index contributed by atoms with van der Waals surface area (Å²) in [6.45, 7) is 5.39. The molecule has 4 heterocycles.